The SMILES string of the molecule is CC=Cc1ccc2cccoc1-2. The van der Waals surface area contributed by atoms with Crippen molar-refractivity contribution in [1.82, 2.24) is 0 Å². The first kappa shape index (κ1) is 7.17. The van der Waals surface area contributed by atoms with Crippen LogP contribution in [0.4, 0.5) is 0 Å². The molecule has 2 aliphatic rings. The predicted molar refractivity (Wildman–Crippen MR) is 50.0 cm³/mol. The van der Waals surface area contributed by atoms with Gasteiger partial charge in [-0.05, 0) is 19.1 Å². The maximum Gasteiger partial charge on any atom is 0.140 e. The average molecular weight is 158 g/mol. The van der Waals surface area contributed by atoms with Crippen LogP contribution in [0.5, 0.6) is 0 Å². The molecule has 1 aliphatic carbocycles. The third kappa shape index (κ3) is 1.03. The van der Waals surface area contributed by atoms with E-state index in [1.807, 2.05) is 31.2 Å². The van der Waals surface area contributed by atoms with Gasteiger partial charge in [0.25, 0.3) is 0 Å². The molecule has 0 unspecified atom stereocenters. The minimum Gasteiger partial charge on any atom is -0.464 e. The summed E-state index contributed by atoms with van der Waals surface area (Å²) in [7, 11) is 0. The molecule has 12 heavy (non-hydrogen) atoms. The van der Waals surface area contributed by atoms with Crippen LogP contribution in [0.1, 0.15) is 12.5 Å². The summed E-state index contributed by atoms with van der Waals surface area (Å²) in [6.45, 7) is 2.00. The minimum absolute atomic E-state index is 0.968. The van der Waals surface area contributed by atoms with Crippen LogP contribution in [0.15, 0.2) is 41.0 Å². The average Bonchev–Trinajstić information content (AvgIpc) is 2.50. The Kier molecular flexibility index (Phi) is 1.71. The first-order valence-electron chi connectivity index (χ1n) is 4.01. The van der Waals surface area contributed by atoms with Gasteiger partial charge in [0, 0.05) is 11.1 Å². The highest BCUT2D eigenvalue weighted by atomic mass is 16.3. The molecule has 0 aromatic rings. The quantitative estimate of drug-likeness (QED) is 0.619. The van der Waals surface area contributed by atoms with Crippen LogP contribution in [0.2, 0.25) is 0 Å². The lowest BCUT2D eigenvalue weighted by atomic mass is 10.2. The molecule has 1 heterocycles. The van der Waals surface area contributed by atoms with Gasteiger partial charge >= 0.3 is 0 Å². The maximum atomic E-state index is 5.38. The number of fused-ring (bicyclic) bond motifs is 1. The van der Waals surface area contributed by atoms with Crippen LogP contribution in [-0.2, 0) is 0 Å². The molecule has 1 aliphatic heterocycles. The van der Waals surface area contributed by atoms with Crippen molar-refractivity contribution in [2.45, 2.75) is 6.92 Å². The van der Waals surface area contributed by atoms with E-state index in [1.54, 1.807) is 6.26 Å². The predicted octanol–water partition coefficient (Wildman–Crippen LogP) is 3.42. The van der Waals surface area contributed by atoms with Crippen LogP contribution in [0.25, 0.3) is 17.4 Å². The van der Waals surface area contributed by atoms with E-state index in [2.05, 4.69) is 12.1 Å². The van der Waals surface area contributed by atoms with Crippen molar-refractivity contribution < 1.29 is 4.42 Å². The second-order valence-electron chi connectivity index (χ2n) is 2.69. The highest BCUT2D eigenvalue weighted by Crippen LogP contribution is 2.28. The van der Waals surface area contributed by atoms with Crippen LogP contribution in [-0.4, -0.2) is 0 Å². The van der Waals surface area contributed by atoms with Crippen LogP contribution >= 0.6 is 0 Å². The number of allylic oxidation sites excluding steroid dienone is 1. The second kappa shape index (κ2) is 2.86. The molecule has 0 saturated carbocycles. The van der Waals surface area contributed by atoms with Gasteiger partial charge in [-0.2, -0.15) is 0 Å². The summed E-state index contributed by atoms with van der Waals surface area (Å²) in [5.74, 6) is 0.968. The largest absolute Gasteiger partial charge is 0.464 e. The zero-order valence-electron chi connectivity index (χ0n) is 6.95. The highest BCUT2D eigenvalue weighted by Gasteiger charge is 2.07. The molecule has 2 rings (SSSR count). The molecule has 0 amide bonds. The third-order valence-corrected chi connectivity index (χ3v) is 1.85. The molecule has 0 N–H and O–H groups in total. The second-order valence-corrected chi connectivity index (χ2v) is 2.69. The zero-order valence-corrected chi connectivity index (χ0v) is 6.95. The fraction of sp³-hybridized carbons (Fsp3) is 0.0909. The van der Waals surface area contributed by atoms with Crippen LogP contribution in [0, 0.1) is 0 Å². The molecule has 0 aromatic heterocycles. The molecule has 1 nitrogen and oxygen atoms in total. The van der Waals surface area contributed by atoms with E-state index in [9.17, 15) is 0 Å². The lowest BCUT2D eigenvalue weighted by Crippen LogP contribution is -1.73. The Morgan fingerprint density at radius 2 is 2.17 bits per heavy atom. The highest BCUT2D eigenvalue weighted by molar-refractivity contribution is 5.73. The van der Waals surface area contributed by atoms with E-state index in [1.165, 1.54) is 0 Å². The molecule has 0 atom stereocenters. The van der Waals surface area contributed by atoms with Crippen LogP contribution in [0.3, 0.4) is 0 Å². The Bertz CT molecular complexity index is 371. The van der Waals surface area contributed by atoms with Gasteiger partial charge in [0.1, 0.15) is 5.76 Å². The first-order valence-corrected chi connectivity index (χ1v) is 4.01. The van der Waals surface area contributed by atoms with E-state index in [4.69, 9.17) is 4.42 Å². The number of hydrogen-bond acceptors (Lipinski definition) is 1. The lowest BCUT2D eigenvalue weighted by Gasteiger charge is -1.96. The van der Waals surface area contributed by atoms with E-state index < -0.39 is 0 Å². The summed E-state index contributed by atoms with van der Waals surface area (Å²) in [4.78, 5) is 0. The molecule has 0 saturated heterocycles. The van der Waals surface area contributed by atoms with E-state index in [0.29, 0.717) is 0 Å². The number of hydrogen-bond donors (Lipinski definition) is 0. The molecule has 0 fully saturated rings. The van der Waals surface area contributed by atoms with Crippen LogP contribution < -0.4 is 0 Å². The number of rotatable bonds is 1. The Labute approximate surface area is 71.7 Å². The molecular formula is C11H10O. The van der Waals surface area contributed by atoms with E-state index >= 15 is 0 Å². The van der Waals surface area contributed by atoms with Gasteiger partial charge in [-0.25, -0.2) is 0 Å². The van der Waals surface area contributed by atoms with E-state index in [-0.39, 0.29) is 0 Å². The fourth-order valence-electron chi connectivity index (χ4n) is 1.33. The van der Waals surface area contributed by atoms with Gasteiger partial charge in [-0.15, -0.1) is 0 Å². The molecule has 0 radical (unpaired) electrons. The van der Waals surface area contributed by atoms with Crippen molar-refractivity contribution in [3.05, 3.63) is 42.2 Å². The Morgan fingerprint density at radius 3 is 3.00 bits per heavy atom. The van der Waals surface area contributed by atoms with Crippen molar-refractivity contribution in [3.8, 4) is 11.3 Å². The summed E-state index contributed by atoms with van der Waals surface area (Å²) in [6, 6.07) is 8.08. The molecule has 0 bridgehead atoms. The molecule has 60 valence electrons. The normalized spacial score (nSPS) is 11.4. The van der Waals surface area contributed by atoms with Gasteiger partial charge in [-0.1, -0.05) is 24.3 Å². The van der Waals surface area contributed by atoms with Gasteiger partial charge in [0.05, 0.1) is 6.26 Å². The molecule has 1 heteroatoms. The molecular weight excluding hydrogens is 148 g/mol. The van der Waals surface area contributed by atoms with Gasteiger partial charge < -0.3 is 4.42 Å². The Hall–Kier alpha value is -1.50. The van der Waals surface area contributed by atoms with Crippen molar-refractivity contribution in [1.29, 1.82) is 0 Å². The van der Waals surface area contributed by atoms with Gasteiger partial charge in [-0.3, -0.25) is 0 Å². The topological polar surface area (TPSA) is 13.1 Å². The first-order chi connectivity index (χ1) is 5.92. The molecule has 0 aromatic carbocycles. The summed E-state index contributed by atoms with van der Waals surface area (Å²) < 4.78 is 5.38. The fourth-order valence-corrected chi connectivity index (χ4v) is 1.33. The lowest BCUT2D eigenvalue weighted by molar-refractivity contribution is 0.566. The summed E-state index contributed by atoms with van der Waals surface area (Å²) in [5.41, 5.74) is 2.30. The molecule has 0 spiro atoms. The Balaban J connectivity index is 2.59. The maximum absolute atomic E-state index is 5.38. The van der Waals surface area contributed by atoms with Crippen molar-refractivity contribution >= 4 is 6.08 Å². The minimum atomic E-state index is 0.968. The summed E-state index contributed by atoms with van der Waals surface area (Å²) in [5, 5.41) is 0. The Morgan fingerprint density at radius 1 is 1.25 bits per heavy atom. The van der Waals surface area contributed by atoms with Gasteiger partial charge in [0.2, 0.25) is 0 Å². The van der Waals surface area contributed by atoms with Gasteiger partial charge in [0.15, 0.2) is 0 Å². The van der Waals surface area contributed by atoms with Crippen molar-refractivity contribution in [2.75, 3.05) is 0 Å². The summed E-state index contributed by atoms with van der Waals surface area (Å²) >= 11 is 0. The zero-order chi connectivity index (χ0) is 8.39. The monoisotopic (exact) mass is 158 g/mol. The van der Waals surface area contributed by atoms with Crippen molar-refractivity contribution in [2.24, 2.45) is 0 Å². The third-order valence-electron chi connectivity index (χ3n) is 1.85. The summed E-state index contributed by atoms with van der Waals surface area (Å²) in [6.07, 6.45) is 5.76. The standard InChI is InChI=1S/C11H10O/c1-2-4-9-6-7-10-5-3-8-12-11(9)10/h2-8H,1H3. The van der Waals surface area contributed by atoms with Crippen molar-refractivity contribution in [3.63, 3.8) is 0 Å². The smallest absolute Gasteiger partial charge is 0.140 e. The van der Waals surface area contributed by atoms with E-state index in [0.717, 1.165) is 16.9 Å².